The molecule has 1 unspecified atom stereocenters. The Labute approximate surface area is 177 Å². The summed E-state index contributed by atoms with van der Waals surface area (Å²) in [6, 6.07) is 16.6. The van der Waals surface area contributed by atoms with E-state index in [-0.39, 0.29) is 34.0 Å². The number of nitrogens with zero attached hydrogens (tertiary/aromatic N) is 1. The molecule has 3 aromatic rings. The maximum absolute atomic E-state index is 14.3. The Bertz CT molecular complexity index is 1150. The molecular formula is C23H17ClFNO4. The van der Waals surface area contributed by atoms with E-state index in [2.05, 4.69) is 0 Å². The monoisotopic (exact) mass is 425 g/mol. The third-order valence-corrected chi connectivity index (χ3v) is 5.59. The number of ketones is 1. The Morgan fingerprint density at radius 2 is 1.73 bits per heavy atom. The molecule has 0 aliphatic carbocycles. The summed E-state index contributed by atoms with van der Waals surface area (Å²) < 4.78 is 14.3. The van der Waals surface area contributed by atoms with E-state index in [1.54, 1.807) is 36.4 Å². The van der Waals surface area contributed by atoms with Gasteiger partial charge in [0.05, 0.1) is 24.2 Å². The minimum atomic E-state index is -2.15. The maximum Gasteiger partial charge on any atom is 0.264 e. The number of phenolic OH excluding ortho intramolecular Hbond substituents is 1. The van der Waals surface area contributed by atoms with Gasteiger partial charge in [0.1, 0.15) is 11.6 Å². The topological polar surface area (TPSA) is 77.8 Å². The first-order chi connectivity index (χ1) is 14.3. The molecule has 1 amide bonds. The first kappa shape index (κ1) is 20.1. The molecule has 0 aromatic heterocycles. The molecule has 2 N–H and O–H groups in total. The molecule has 5 nitrogen and oxygen atoms in total. The number of fused-ring (bicyclic) bond motifs is 1. The molecule has 0 spiro atoms. The summed E-state index contributed by atoms with van der Waals surface area (Å²) in [4.78, 5) is 27.3. The van der Waals surface area contributed by atoms with Crippen LogP contribution in [-0.2, 0) is 16.9 Å². The van der Waals surface area contributed by atoms with Gasteiger partial charge in [0.15, 0.2) is 11.4 Å². The predicted octanol–water partition coefficient (Wildman–Crippen LogP) is 4.19. The molecule has 152 valence electrons. The molecule has 1 heterocycles. The normalized spacial score (nSPS) is 17.8. The van der Waals surface area contributed by atoms with Crippen molar-refractivity contribution in [1.82, 2.24) is 0 Å². The average molecular weight is 426 g/mol. The quantitative estimate of drug-likeness (QED) is 0.601. The number of carbonyl (C=O) groups excluding carboxylic acids is 2. The van der Waals surface area contributed by atoms with Crippen molar-refractivity contribution in [2.24, 2.45) is 0 Å². The van der Waals surface area contributed by atoms with E-state index in [1.807, 2.05) is 0 Å². The molecule has 7 heteroatoms. The molecule has 3 aromatic carbocycles. The summed E-state index contributed by atoms with van der Waals surface area (Å²) in [5.41, 5.74) is -1.42. The summed E-state index contributed by atoms with van der Waals surface area (Å²) in [7, 11) is 0. The van der Waals surface area contributed by atoms with Gasteiger partial charge in [-0.15, -0.1) is 0 Å². The Hall–Kier alpha value is -3.22. The highest BCUT2D eigenvalue weighted by molar-refractivity contribution is 6.31. The zero-order chi connectivity index (χ0) is 21.5. The van der Waals surface area contributed by atoms with Crippen LogP contribution in [0.5, 0.6) is 5.75 Å². The Balaban J connectivity index is 1.73. The van der Waals surface area contributed by atoms with Crippen LogP contribution >= 0.6 is 11.6 Å². The number of amides is 1. The minimum Gasteiger partial charge on any atom is -0.507 e. The third-order valence-electron chi connectivity index (χ3n) is 5.24. The van der Waals surface area contributed by atoms with Gasteiger partial charge in [-0.3, -0.25) is 9.59 Å². The van der Waals surface area contributed by atoms with Crippen molar-refractivity contribution in [1.29, 1.82) is 0 Å². The van der Waals surface area contributed by atoms with Crippen molar-refractivity contribution < 1.29 is 24.2 Å². The first-order valence-electron chi connectivity index (χ1n) is 9.21. The number of aliphatic hydroxyl groups is 1. The summed E-state index contributed by atoms with van der Waals surface area (Å²) in [5.74, 6) is -2.16. The van der Waals surface area contributed by atoms with Crippen molar-refractivity contribution >= 4 is 29.0 Å². The van der Waals surface area contributed by atoms with Crippen molar-refractivity contribution in [3.8, 4) is 5.75 Å². The van der Waals surface area contributed by atoms with Crippen LogP contribution in [0.1, 0.15) is 27.9 Å². The number of anilines is 1. The molecular weight excluding hydrogens is 409 g/mol. The predicted molar refractivity (Wildman–Crippen MR) is 110 cm³/mol. The summed E-state index contributed by atoms with van der Waals surface area (Å²) in [6.07, 6.45) is -0.568. The highest BCUT2D eigenvalue weighted by Crippen LogP contribution is 2.44. The second-order valence-corrected chi connectivity index (χ2v) is 7.49. The van der Waals surface area contributed by atoms with Crippen LogP contribution in [0.15, 0.2) is 66.7 Å². The number of carbonyl (C=O) groups is 2. The number of phenols is 1. The SMILES string of the molecule is O=C(CC1(O)C(=O)N(Cc2c(F)cccc2Cl)c2ccccc21)c1ccccc1O. The first-order valence-corrected chi connectivity index (χ1v) is 9.58. The van der Waals surface area contributed by atoms with Gasteiger partial charge in [-0.1, -0.05) is 48.0 Å². The number of para-hydroxylation sites is 2. The highest BCUT2D eigenvalue weighted by atomic mass is 35.5. The van der Waals surface area contributed by atoms with Gasteiger partial charge in [0.25, 0.3) is 5.91 Å². The molecule has 1 atom stereocenters. The molecule has 4 rings (SSSR count). The van der Waals surface area contributed by atoms with Gasteiger partial charge in [0, 0.05) is 16.1 Å². The average Bonchev–Trinajstić information content (AvgIpc) is 2.93. The lowest BCUT2D eigenvalue weighted by molar-refractivity contribution is -0.136. The third kappa shape index (κ3) is 3.24. The lowest BCUT2D eigenvalue weighted by atomic mass is 9.88. The van der Waals surface area contributed by atoms with Crippen LogP contribution in [0.4, 0.5) is 10.1 Å². The smallest absolute Gasteiger partial charge is 0.264 e. The van der Waals surface area contributed by atoms with Crippen LogP contribution in [0.3, 0.4) is 0 Å². The minimum absolute atomic E-state index is 0.00630. The molecule has 0 saturated carbocycles. The van der Waals surface area contributed by atoms with Crippen molar-refractivity contribution in [3.05, 3.63) is 94.3 Å². The van der Waals surface area contributed by atoms with Gasteiger partial charge in [-0.05, 0) is 30.3 Å². The molecule has 0 fully saturated rings. The van der Waals surface area contributed by atoms with E-state index < -0.39 is 29.5 Å². The number of aromatic hydroxyl groups is 1. The molecule has 0 bridgehead atoms. The number of halogens is 2. The molecule has 0 saturated heterocycles. The van der Waals surface area contributed by atoms with E-state index >= 15 is 0 Å². The van der Waals surface area contributed by atoms with Crippen LogP contribution in [0.2, 0.25) is 5.02 Å². The summed E-state index contributed by atoms with van der Waals surface area (Å²) >= 11 is 6.11. The van der Waals surface area contributed by atoms with Gasteiger partial charge in [-0.25, -0.2) is 4.39 Å². The number of benzene rings is 3. The standard InChI is InChI=1S/C23H17ClFNO4/c24-17-8-5-9-18(25)15(17)13-26-19-10-3-2-7-16(19)23(30,22(26)29)12-21(28)14-6-1-4-11-20(14)27/h1-11,27,30H,12-13H2. The van der Waals surface area contributed by atoms with E-state index in [0.29, 0.717) is 5.69 Å². The number of hydrogen-bond donors (Lipinski definition) is 2. The summed E-state index contributed by atoms with van der Waals surface area (Å²) in [6.45, 7) is -0.200. The molecule has 30 heavy (non-hydrogen) atoms. The van der Waals surface area contributed by atoms with Crippen LogP contribution in [0, 0.1) is 5.82 Å². The number of hydrogen-bond acceptors (Lipinski definition) is 4. The lowest BCUT2D eigenvalue weighted by Gasteiger charge is -2.23. The summed E-state index contributed by atoms with van der Waals surface area (Å²) in [5, 5.41) is 21.4. The Morgan fingerprint density at radius 1 is 1.03 bits per heavy atom. The van der Waals surface area contributed by atoms with Crippen molar-refractivity contribution in [2.75, 3.05) is 4.90 Å². The van der Waals surface area contributed by atoms with E-state index in [4.69, 9.17) is 11.6 Å². The molecule has 1 aliphatic heterocycles. The fourth-order valence-corrected chi connectivity index (χ4v) is 3.94. The van der Waals surface area contributed by atoms with Gasteiger partial charge in [0.2, 0.25) is 0 Å². The van der Waals surface area contributed by atoms with Gasteiger partial charge in [-0.2, -0.15) is 0 Å². The van der Waals surface area contributed by atoms with Crippen LogP contribution < -0.4 is 4.90 Å². The molecule has 0 radical (unpaired) electrons. The fourth-order valence-electron chi connectivity index (χ4n) is 3.71. The fraction of sp³-hybridized carbons (Fsp3) is 0.130. The number of rotatable bonds is 5. The van der Waals surface area contributed by atoms with Crippen LogP contribution in [0.25, 0.3) is 0 Å². The van der Waals surface area contributed by atoms with Crippen molar-refractivity contribution in [2.45, 2.75) is 18.6 Å². The second-order valence-electron chi connectivity index (χ2n) is 7.09. The molecule has 1 aliphatic rings. The zero-order valence-corrected chi connectivity index (χ0v) is 16.4. The second kappa shape index (κ2) is 7.55. The van der Waals surface area contributed by atoms with Gasteiger partial charge < -0.3 is 15.1 Å². The Kier molecular flexibility index (Phi) is 5.05. The van der Waals surface area contributed by atoms with E-state index in [0.717, 1.165) is 0 Å². The zero-order valence-electron chi connectivity index (χ0n) is 15.7. The lowest BCUT2D eigenvalue weighted by Crippen LogP contribution is -2.41. The number of Topliss-reactive ketones (excluding diaryl/α,β-unsaturated/α-hetero) is 1. The maximum atomic E-state index is 14.3. The highest BCUT2D eigenvalue weighted by Gasteiger charge is 2.51. The Morgan fingerprint density at radius 3 is 2.47 bits per heavy atom. The van der Waals surface area contributed by atoms with E-state index in [1.165, 1.54) is 35.2 Å². The van der Waals surface area contributed by atoms with Crippen molar-refractivity contribution in [3.63, 3.8) is 0 Å². The van der Waals surface area contributed by atoms with Crippen LogP contribution in [-0.4, -0.2) is 21.9 Å². The van der Waals surface area contributed by atoms with E-state index in [9.17, 15) is 24.2 Å². The van der Waals surface area contributed by atoms with Gasteiger partial charge >= 0.3 is 0 Å². The largest absolute Gasteiger partial charge is 0.507 e.